The SMILES string of the molecule is CCOC(=O)c1sc2[nH]c(=O)n(C(C)(C)C(=O)CC(C)(C)[Si](O)(c3ccccc3)c3ccccc3)c(=O)c2c1C. The normalized spacial score (nSPS) is 12.5. The number of aromatic nitrogens is 2. The van der Waals surface area contributed by atoms with Gasteiger partial charge in [-0.3, -0.25) is 14.6 Å². The van der Waals surface area contributed by atoms with Gasteiger partial charge in [0, 0.05) is 6.42 Å². The highest BCUT2D eigenvalue weighted by Crippen LogP contribution is 2.41. The van der Waals surface area contributed by atoms with Crippen LogP contribution in [0.1, 0.15) is 56.3 Å². The van der Waals surface area contributed by atoms with E-state index in [1.54, 1.807) is 13.8 Å². The first-order valence-corrected chi connectivity index (χ1v) is 15.9. The molecule has 210 valence electrons. The fourth-order valence-electron chi connectivity index (χ4n) is 5.29. The van der Waals surface area contributed by atoms with Crippen molar-refractivity contribution in [3.8, 4) is 0 Å². The van der Waals surface area contributed by atoms with Gasteiger partial charge in [0.15, 0.2) is 5.78 Å². The summed E-state index contributed by atoms with van der Waals surface area (Å²) in [5.41, 5.74) is -2.55. The molecule has 2 aromatic heterocycles. The predicted molar refractivity (Wildman–Crippen MR) is 161 cm³/mol. The summed E-state index contributed by atoms with van der Waals surface area (Å²) in [7, 11) is -3.51. The van der Waals surface area contributed by atoms with Gasteiger partial charge in [-0.2, -0.15) is 0 Å². The fourth-order valence-corrected chi connectivity index (χ4v) is 10.0. The number of ether oxygens (including phenoxy) is 1. The summed E-state index contributed by atoms with van der Waals surface area (Å²) >= 11 is 0.981. The van der Waals surface area contributed by atoms with E-state index in [1.807, 2.05) is 74.5 Å². The Hall–Kier alpha value is -3.60. The van der Waals surface area contributed by atoms with Crippen molar-refractivity contribution in [1.29, 1.82) is 0 Å². The Morgan fingerprint density at radius 2 is 1.50 bits per heavy atom. The monoisotopic (exact) mass is 578 g/mol. The molecule has 8 nitrogen and oxygen atoms in total. The lowest BCUT2D eigenvalue weighted by atomic mass is 9.91. The van der Waals surface area contributed by atoms with Crippen LogP contribution in [0.25, 0.3) is 10.2 Å². The first-order valence-electron chi connectivity index (χ1n) is 13.1. The number of fused-ring (bicyclic) bond motifs is 1. The number of esters is 1. The van der Waals surface area contributed by atoms with Crippen LogP contribution in [0, 0.1) is 6.92 Å². The van der Waals surface area contributed by atoms with Crippen molar-refractivity contribution < 1.29 is 19.1 Å². The van der Waals surface area contributed by atoms with E-state index in [0.717, 1.165) is 26.3 Å². The Balaban J connectivity index is 1.80. The molecular weight excluding hydrogens is 544 g/mol. The topological polar surface area (TPSA) is 118 Å². The van der Waals surface area contributed by atoms with Gasteiger partial charge in [-0.1, -0.05) is 74.5 Å². The standard InChI is InChI=1S/C30H34N2O6SSi/c1-7-38-27(35)24-19(2)23-25(39-24)31-28(36)32(26(23)34)30(5,6)22(33)18-29(3,4)40(37,20-14-10-8-11-15-20)21-16-12-9-13-17-21/h8-17,37H,7,18H2,1-6H3,(H,31,36). The number of hydrogen-bond acceptors (Lipinski definition) is 7. The van der Waals surface area contributed by atoms with E-state index in [2.05, 4.69) is 4.98 Å². The van der Waals surface area contributed by atoms with E-state index in [-0.39, 0.29) is 33.9 Å². The number of benzene rings is 2. The third-order valence-corrected chi connectivity index (χ3v) is 13.3. The van der Waals surface area contributed by atoms with Gasteiger partial charge in [0.05, 0.1) is 12.0 Å². The van der Waals surface area contributed by atoms with Gasteiger partial charge >= 0.3 is 11.7 Å². The summed E-state index contributed by atoms with van der Waals surface area (Å²) in [5.74, 6) is -0.947. The van der Waals surface area contributed by atoms with Gasteiger partial charge in [-0.05, 0) is 48.7 Å². The Morgan fingerprint density at radius 3 is 2.00 bits per heavy atom. The summed E-state index contributed by atoms with van der Waals surface area (Å²) in [4.78, 5) is 69.1. The zero-order valence-electron chi connectivity index (χ0n) is 23.5. The van der Waals surface area contributed by atoms with Crippen molar-refractivity contribution in [2.45, 2.75) is 58.5 Å². The van der Waals surface area contributed by atoms with Crippen molar-refractivity contribution in [3.63, 3.8) is 0 Å². The smallest absolute Gasteiger partial charge is 0.348 e. The molecule has 0 atom stereocenters. The zero-order valence-corrected chi connectivity index (χ0v) is 25.3. The molecule has 40 heavy (non-hydrogen) atoms. The van der Waals surface area contributed by atoms with Crippen LogP contribution < -0.4 is 21.6 Å². The molecule has 0 fully saturated rings. The number of carbonyl (C=O) groups is 2. The number of carbonyl (C=O) groups excluding carboxylic acids is 2. The summed E-state index contributed by atoms with van der Waals surface area (Å²) < 4.78 is 6.03. The Labute approximate surface area is 237 Å². The molecule has 2 aromatic carbocycles. The average molecular weight is 579 g/mol. The lowest BCUT2D eigenvalue weighted by Crippen LogP contribution is -2.66. The van der Waals surface area contributed by atoms with Gasteiger partial charge in [0.25, 0.3) is 13.9 Å². The highest BCUT2D eigenvalue weighted by Gasteiger charge is 2.52. The molecule has 4 aromatic rings. The lowest BCUT2D eigenvalue weighted by molar-refractivity contribution is -0.127. The van der Waals surface area contributed by atoms with E-state index < -0.39 is 36.1 Å². The third kappa shape index (κ3) is 4.80. The van der Waals surface area contributed by atoms with E-state index >= 15 is 0 Å². The van der Waals surface area contributed by atoms with Crippen LogP contribution in [0.2, 0.25) is 5.04 Å². The minimum absolute atomic E-state index is 0.0902. The van der Waals surface area contributed by atoms with Gasteiger partial charge in [-0.15, -0.1) is 11.3 Å². The van der Waals surface area contributed by atoms with Crippen LogP contribution in [-0.4, -0.2) is 41.0 Å². The van der Waals surface area contributed by atoms with Gasteiger partial charge in [0.1, 0.15) is 15.2 Å². The molecule has 0 saturated heterocycles. The Kier molecular flexibility index (Phi) is 7.90. The van der Waals surface area contributed by atoms with Crippen LogP contribution in [0.15, 0.2) is 70.3 Å². The second-order valence-electron chi connectivity index (χ2n) is 11.0. The van der Waals surface area contributed by atoms with Gasteiger partial charge < -0.3 is 9.53 Å². The van der Waals surface area contributed by atoms with E-state index in [1.165, 1.54) is 13.8 Å². The first-order chi connectivity index (χ1) is 18.8. The van der Waals surface area contributed by atoms with Gasteiger partial charge in [0.2, 0.25) is 0 Å². The molecule has 0 aliphatic heterocycles. The molecule has 2 N–H and O–H groups in total. The quantitative estimate of drug-likeness (QED) is 0.232. The number of ketones is 1. The maximum atomic E-state index is 14.0. The van der Waals surface area contributed by atoms with Crippen LogP contribution in [0.5, 0.6) is 0 Å². The summed E-state index contributed by atoms with van der Waals surface area (Å²) in [6, 6.07) is 18.7. The third-order valence-electron chi connectivity index (χ3n) is 7.65. The van der Waals surface area contributed by atoms with Crippen molar-refractivity contribution >= 4 is 52.0 Å². The molecule has 2 heterocycles. The fraction of sp³-hybridized carbons (Fsp3) is 0.333. The molecule has 0 amide bonds. The zero-order chi connectivity index (χ0) is 29.5. The van der Waals surface area contributed by atoms with Gasteiger partial charge in [-0.25, -0.2) is 14.2 Å². The number of rotatable bonds is 9. The van der Waals surface area contributed by atoms with Crippen LogP contribution >= 0.6 is 11.3 Å². The maximum Gasteiger partial charge on any atom is 0.348 e. The minimum atomic E-state index is -3.51. The van der Waals surface area contributed by atoms with E-state index in [9.17, 15) is 24.0 Å². The summed E-state index contributed by atoms with van der Waals surface area (Å²) in [6.07, 6.45) is -0.0902. The van der Waals surface area contributed by atoms with Crippen molar-refractivity contribution in [2.24, 2.45) is 0 Å². The van der Waals surface area contributed by atoms with Crippen LogP contribution in [0.4, 0.5) is 0 Å². The lowest BCUT2D eigenvalue weighted by Gasteiger charge is -2.42. The molecule has 0 spiro atoms. The second kappa shape index (κ2) is 10.8. The molecular formula is C30H34N2O6SSi. The van der Waals surface area contributed by atoms with Crippen LogP contribution in [-0.2, 0) is 15.1 Å². The molecule has 0 saturated carbocycles. The number of nitrogens with zero attached hydrogens (tertiary/aromatic N) is 1. The molecule has 4 rings (SSSR count). The van der Waals surface area contributed by atoms with Crippen LogP contribution in [0.3, 0.4) is 0 Å². The molecule has 10 heteroatoms. The number of nitrogens with one attached hydrogen (secondary N) is 1. The second-order valence-corrected chi connectivity index (χ2v) is 16.0. The predicted octanol–water partition coefficient (Wildman–Crippen LogP) is 3.46. The van der Waals surface area contributed by atoms with Crippen molar-refractivity contribution in [2.75, 3.05) is 6.61 Å². The Bertz CT molecular complexity index is 1650. The highest BCUT2D eigenvalue weighted by molar-refractivity contribution is 7.20. The maximum absolute atomic E-state index is 14.0. The number of hydrogen-bond donors (Lipinski definition) is 2. The largest absolute Gasteiger partial charge is 0.462 e. The molecule has 0 radical (unpaired) electrons. The average Bonchev–Trinajstić information content (AvgIpc) is 3.24. The Morgan fingerprint density at radius 1 is 0.975 bits per heavy atom. The number of H-pyrrole nitrogens is 1. The first kappa shape index (κ1) is 29.4. The van der Waals surface area contributed by atoms with Crippen molar-refractivity contribution in [1.82, 2.24) is 9.55 Å². The van der Waals surface area contributed by atoms with Crippen molar-refractivity contribution in [3.05, 3.63) is 91.9 Å². The summed E-state index contributed by atoms with van der Waals surface area (Å²) in [6.45, 7) is 10.3. The number of Topliss-reactive ketones (excluding diaryl/α,β-unsaturated/α-hetero) is 1. The van der Waals surface area contributed by atoms with E-state index in [0.29, 0.717) is 5.56 Å². The molecule has 0 unspecified atom stereocenters. The van der Waals surface area contributed by atoms with E-state index in [4.69, 9.17) is 4.74 Å². The minimum Gasteiger partial charge on any atom is -0.462 e. The highest BCUT2D eigenvalue weighted by atomic mass is 32.1. The number of thiophene rings is 1. The number of aromatic amines is 1. The summed E-state index contributed by atoms with van der Waals surface area (Å²) in [5, 5.41) is 0.773. The molecule has 0 bridgehead atoms. The molecule has 0 aliphatic carbocycles. The number of aryl methyl sites for hydroxylation is 1. The molecule has 0 aliphatic rings.